The molecular formula is C36H48N4O4. The third-order valence-corrected chi connectivity index (χ3v) is 8.28. The highest BCUT2D eigenvalue weighted by atomic mass is 16.5. The average Bonchev–Trinajstić information content (AvgIpc) is 3.03. The van der Waals surface area contributed by atoms with E-state index >= 15 is 0 Å². The maximum absolute atomic E-state index is 14.2. The molecule has 0 bridgehead atoms. The summed E-state index contributed by atoms with van der Waals surface area (Å²) < 4.78 is 10.9. The Balaban J connectivity index is 1.72. The molecule has 3 aromatic rings. The summed E-state index contributed by atoms with van der Waals surface area (Å²) in [6.45, 7) is 10.3. The fourth-order valence-electron chi connectivity index (χ4n) is 5.93. The summed E-state index contributed by atoms with van der Waals surface area (Å²) >= 11 is 0. The maximum Gasteiger partial charge on any atom is 0.254 e. The van der Waals surface area contributed by atoms with Gasteiger partial charge in [0, 0.05) is 56.4 Å². The fraction of sp³-hybridized carbons (Fsp3) is 0.444. The summed E-state index contributed by atoms with van der Waals surface area (Å²) in [5, 5.41) is 0. The Bertz CT molecular complexity index is 1420. The fourth-order valence-corrected chi connectivity index (χ4v) is 5.93. The van der Waals surface area contributed by atoms with E-state index in [1.54, 1.807) is 14.2 Å². The van der Waals surface area contributed by atoms with E-state index in [4.69, 9.17) is 9.47 Å². The molecule has 44 heavy (non-hydrogen) atoms. The minimum atomic E-state index is -0.0285. The molecule has 0 saturated heterocycles. The van der Waals surface area contributed by atoms with Crippen LogP contribution in [0.1, 0.15) is 52.9 Å². The standard InChI is InChI=1S/C36H48N4O4/c1-26(2)38-18-9-19-40(34(41)22-28-12-15-32(43-6)16-13-28)35-27(3)10-8-11-30(35)25-39(21-20-38)36(42)29-14-17-33(44-7)31(23-29)24-37(4)5/h8,10-17,23,26H,9,18-22,24-25H2,1-7H3. The Morgan fingerprint density at radius 3 is 2.32 bits per heavy atom. The molecule has 0 aliphatic carbocycles. The summed E-state index contributed by atoms with van der Waals surface area (Å²) in [6, 6.07) is 19.8. The lowest BCUT2D eigenvalue weighted by atomic mass is 10.0. The van der Waals surface area contributed by atoms with Crippen LogP contribution in [0.15, 0.2) is 60.7 Å². The van der Waals surface area contributed by atoms with Gasteiger partial charge in [0.25, 0.3) is 5.91 Å². The Morgan fingerprint density at radius 2 is 1.66 bits per heavy atom. The number of rotatable bonds is 8. The van der Waals surface area contributed by atoms with E-state index in [2.05, 4.69) is 42.7 Å². The van der Waals surface area contributed by atoms with Crippen LogP contribution in [0.25, 0.3) is 0 Å². The van der Waals surface area contributed by atoms with Crippen molar-refractivity contribution in [2.24, 2.45) is 0 Å². The van der Waals surface area contributed by atoms with Crippen LogP contribution in [-0.4, -0.2) is 87.0 Å². The molecule has 0 radical (unpaired) electrons. The third kappa shape index (κ3) is 8.18. The van der Waals surface area contributed by atoms with Crippen molar-refractivity contribution in [2.45, 2.75) is 52.7 Å². The molecule has 4 rings (SSSR count). The molecule has 1 aliphatic rings. The summed E-state index contributed by atoms with van der Waals surface area (Å²) in [4.78, 5) is 36.6. The van der Waals surface area contributed by atoms with Gasteiger partial charge >= 0.3 is 0 Å². The van der Waals surface area contributed by atoms with Crippen molar-refractivity contribution in [3.05, 3.63) is 88.5 Å². The lowest BCUT2D eigenvalue weighted by Gasteiger charge is -2.30. The van der Waals surface area contributed by atoms with Crippen LogP contribution in [0.2, 0.25) is 0 Å². The van der Waals surface area contributed by atoms with Crippen molar-refractivity contribution in [1.82, 2.24) is 14.7 Å². The van der Waals surface area contributed by atoms with Crippen molar-refractivity contribution in [3.63, 3.8) is 0 Å². The number of carbonyl (C=O) groups is 2. The second kappa shape index (κ2) is 15.2. The number of fused-ring (bicyclic) bond motifs is 1. The molecule has 8 heteroatoms. The number of carbonyl (C=O) groups excluding carboxylic acids is 2. The first kappa shape index (κ1) is 33.0. The second-order valence-corrected chi connectivity index (χ2v) is 12.1. The number of nitrogens with zero attached hydrogens (tertiary/aromatic N) is 4. The van der Waals surface area contributed by atoms with Gasteiger partial charge in [0.1, 0.15) is 11.5 Å². The number of hydrogen-bond acceptors (Lipinski definition) is 6. The molecule has 0 fully saturated rings. The molecule has 0 N–H and O–H groups in total. The first-order valence-electron chi connectivity index (χ1n) is 15.5. The molecule has 8 nitrogen and oxygen atoms in total. The van der Waals surface area contributed by atoms with Crippen LogP contribution in [0.4, 0.5) is 5.69 Å². The zero-order valence-corrected chi connectivity index (χ0v) is 27.4. The van der Waals surface area contributed by atoms with E-state index < -0.39 is 0 Å². The molecule has 0 aromatic heterocycles. The van der Waals surface area contributed by atoms with E-state index in [1.807, 2.05) is 72.4 Å². The Hall–Kier alpha value is -3.88. The van der Waals surface area contributed by atoms with Crippen LogP contribution in [0, 0.1) is 6.92 Å². The summed E-state index contributed by atoms with van der Waals surface area (Å²) in [7, 11) is 7.30. The number of benzene rings is 3. The van der Waals surface area contributed by atoms with Crippen molar-refractivity contribution < 1.29 is 19.1 Å². The van der Waals surface area contributed by atoms with Gasteiger partial charge in [0.05, 0.1) is 26.3 Å². The molecule has 1 heterocycles. The maximum atomic E-state index is 14.2. The lowest BCUT2D eigenvalue weighted by molar-refractivity contribution is -0.118. The SMILES string of the molecule is COc1ccc(CC(=O)N2CCCN(C(C)C)CCN(C(=O)c3ccc(OC)c(CN(C)C)c3)Cc3cccc(C)c32)cc1. The van der Waals surface area contributed by atoms with Crippen LogP contribution < -0.4 is 14.4 Å². The van der Waals surface area contributed by atoms with Crippen LogP contribution in [0.5, 0.6) is 11.5 Å². The van der Waals surface area contributed by atoms with Gasteiger partial charge < -0.3 is 24.2 Å². The highest BCUT2D eigenvalue weighted by Crippen LogP contribution is 2.30. The van der Waals surface area contributed by atoms with E-state index in [-0.39, 0.29) is 18.2 Å². The van der Waals surface area contributed by atoms with E-state index in [1.165, 1.54) is 0 Å². The highest BCUT2D eigenvalue weighted by Gasteiger charge is 2.26. The van der Waals surface area contributed by atoms with Crippen LogP contribution in [-0.2, 0) is 24.3 Å². The minimum absolute atomic E-state index is 0.0285. The normalized spacial score (nSPS) is 14.8. The van der Waals surface area contributed by atoms with Gasteiger partial charge in [-0.2, -0.15) is 0 Å². The molecule has 0 atom stereocenters. The van der Waals surface area contributed by atoms with Crippen molar-refractivity contribution in [2.75, 3.05) is 59.4 Å². The molecule has 2 amide bonds. The van der Waals surface area contributed by atoms with Gasteiger partial charge in [-0.1, -0.05) is 30.3 Å². The number of ether oxygens (including phenoxy) is 2. The first-order chi connectivity index (χ1) is 21.1. The molecule has 3 aromatic carbocycles. The number of amides is 2. The zero-order valence-electron chi connectivity index (χ0n) is 27.4. The second-order valence-electron chi connectivity index (χ2n) is 12.1. The highest BCUT2D eigenvalue weighted by molar-refractivity contribution is 5.97. The van der Waals surface area contributed by atoms with Gasteiger partial charge in [0.15, 0.2) is 0 Å². The Labute approximate surface area is 263 Å². The number of aryl methyl sites for hydroxylation is 1. The number of para-hydroxylation sites is 1. The smallest absolute Gasteiger partial charge is 0.254 e. The quantitative estimate of drug-likeness (QED) is 0.345. The van der Waals surface area contributed by atoms with Crippen molar-refractivity contribution in [3.8, 4) is 11.5 Å². The van der Waals surface area contributed by atoms with Gasteiger partial charge in [-0.25, -0.2) is 0 Å². The van der Waals surface area contributed by atoms with Crippen LogP contribution >= 0.6 is 0 Å². The van der Waals surface area contributed by atoms with Gasteiger partial charge in [-0.3, -0.25) is 14.5 Å². The van der Waals surface area contributed by atoms with Crippen LogP contribution in [0.3, 0.4) is 0 Å². The molecule has 1 aliphatic heterocycles. The van der Waals surface area contributed by atoms with Crippen molar-refractivity contribution in [1.29, 1.82) is 0 Å². The summed E-state index contributed by atoms with van der Waals surface area (Å²) in [5.41, 5.74) is 5.45. The lowest BCUT2D eigenvalue weighted by Crippen LogP contribution is -2.41. The van der Waals surface area contributed by atoms with Gasteiger partial charge in [-0.05, 0) is 88.3 Å². The molecular weight excluding hydrogens is 552 g/mol. The number of methoxy groups -OCH3 is 2. The van der Waals surface area contributed by atoms with E-state index in [0.29, 0.717) is 37.8 Å². The van der Waals surface area contributed by atoms with E-state index in [9.17, 15) is 9.59 Å². The third-order valence-electron chi connectivity index (χ3n) is 8.28. The summed E-state index contributed by atoms with van der Waals surface area (Å²) in [6.07, 6.45) is 1.12. The first-order valence-corrected chi connectivity index (χ1v) is 15.5. The zero-order chi connectivity index (χ0) is 31.8. The average molecular weight is 601 g/mol. The molecule has 0 unspecified atom stereocenters. The number of anilines is 1. The van der Waals surface area contributed by atoms with E-state index in [0.717, 1.165) is 59.0 Å². The monoisotopic (exact) mass is 600 g/mol. The summed E-state index contributed by atoms with van der Waals surface area (Å²) in [5.74, 6) is 1.55. The number of hydrogen-bond donors (Lipinski definition) is 0. The van der Waals surface area contributed by atoms with Gasteiger partial charge in [0.2, 0.25) is 5.91 Å². The van der Waals surface area contributed by atoms with Gasteiger partial charge in [-0.15, -0.1) is 0 Å². The predicted octanol–water partition coefficient (Wildman–Crippen LogP) is 5.41. The molecule has 0 spiro atoms. The topological polar surface area (TPSA) is 65.6 Å². The Kier molecular flexibility index (Phi) is 11.4. The van der Waals surface area contributed by atoms with Crippen molar-refractivity contribution >= 4 is 17.5 Å². The minimum Gasteiger partial charge on any atom is -0.497 e. The predicted molar refractivity (Wildman–Crippen MR) is 177 cm³/mol. The molecule has 236 valence electrons. The Morgan fingerprint density at radius 1 is 0.909 bits per heavy atom. The largest absolute Gasteiger partial charge is 0.497 e. The molecule has 0 saturated carbocycles.